The van der Waals surface area contributed by atoms with Gasteiger partial charge in [0.25, 0.3) is 0 Å². The number of Topliss-reactive ketones (excluding diaryl/α,β-unsaturated/α-hetero) is 1. The minimum atomic E-state index is -0.658. The Morgan fingerprint density at radius 2 is 2.06 bits per heavy atom. The third-order valence-corrected chi connectivity index (χ3v) is 2.68. The normalized spacial score (nSPS) is 10.5. The molecule has 0 saturated heterocycles. The lowest BCUT2D eigenvalue weighted by Gasteiger charge is -2.05. The maximum atomic E-state index is 11.5. The fraction of sp³-hybridized carbons (Fsp3) is 0.167. The van der Waals surface area contributed by atoms with Gasteiger partial charge in [-0.25, -0.2) is 4.79 Å². The summed E-state index contributed by atoms with van der Waals surface area (Å²) in [6, 6.07) is 4.57. The van der Waals surface area contributed by atoms with Gasteiger partial charge in [-0.3, -0.25) is 4.79 Å². The number of fused-ring (bicyclic) bond motifs is 1. The molecule has 0 aliphatic carbocycles. The molecule has 1 aromatic carbocycles. The van der Waals surface area contributed by atoms with Crippen LogP contribution in [0.15, 0.2) is 27.4 Å². The molecule has 0 atom stereocenters. The van der Waals surface area contributed by atoms with Crippen LogP contribution < -0.4 is 10.4 Å². The van der Waals surface area contributed by atoms with Crippen LogP contribution in [0.5, 0.6) is 5.75 Å². The summed E-state index contributed by atoms with van der Waals surface area (Å²) in [5, 5.41) is 0.976. The third-order valence-electron chi connectivity index (χ3n) is 2.39. The van der Waals surface area contributed by atoms with Crippen molar-refractivity contribution in [1.29, 1.82) is 0 Å². The van der Waals surface area contributed by atoms with E-state index in [9.17, 15) is 9.59 Å². The summed E-state index contributed by atoms with van der Waals surface area (Å²) in [5.41, 5.74) is -0.311. The van der Waals surface area contributed by atoms with Crippen LogP contribution in [0.2, 0.25) is 5.02 Å². The van der Waals surface area contributed by atoms with E-state index in [1.54, 1.807) is 6.07 Å². The van der Waals surface area contributed by atoms with Gasteiger partial charge in [-0.1, -0.05) is 11.6 Å². The molecule has 0 aliphatic heterocycles. The van der Waals surface area contributed by atoms with E-state index in [0.717, 1.165) is 0 Å². The van der Waals surface area contributed by atoms with Crippen molar-refractivity contribution in [2.75, 3.05) is 7.11 Å². The SMILES string of the molecule is COc1cc2oc(=O)c(C(C)=O)cc2cc1Cl. The van der Waals surface area contributed by atoms with Gasteiger partial charge in [0.1, 0.15) is 16.9 Å². The van der Waals surface area contributed by atoms with Gasteiger partial charge in [0.05, 0.1) is 12.1 Å². The van der Waals surface area contributed by atoms with Crippen LogP contribution in [0, 0.1) is 0 Å². The summed E-state index contributed by atoms with van der Waals surface area (Å²) in [6.07, 6.45) is 0. The average Bonchev–Trinajstić information content (AvgIpc) is 2.27. The molecule has 5 heteroatoms. The Bertz CT molecular complexity index is 657. The number of halogens is 1. The fourth-order valence-electron chi connectivity index (χ4n) is 1.52. The summed E-state index contributed by atoms with van der Waals surface area (Å²) in [7, 11) is 1.47. The van der Waals surface area contributed by atoms with Crippen LogP contribution >= 0.6 is 11.6 Å². The zero-order chi connectivity index (χ0) is 12.6. The molecule has 1 heterocycles. The summed E-state index contributed by atoms with van der Waals surface area (Å²) in [4.78, 5) is 22.7. The number of ketones is 1. The minimum Gasteiger partial charge on any atom is -0.495 e. The van der Waals surface area contributed by atoms with Crippen molar-refractivity contribution in [3.8, 4) is 5.75 Å². The quantitative estimate of drug-likeness (QED) is 0.609. The molecular weight excluding hydrogens is 244 g/mol. The standard InChI is InChI=1S/C12H9ClO4/c1-6(14)8-3-7-4-9(13)11(16-2)5-10(7)17-12(8)15/h3-5H,1-2H3. The smallest absolute Gasteiger partial charge is 0.347 e. The average molecular weight is 253 g/mol. The van der Waals surface area contributed by atoms with Crippen molar-refractivity contribution in [3.63, 3.8) is 0 Å². The van der Waals surface area contributed by atoms with Crippen LogP contribution in [0.25, 0.3) is 11.0 Å². The zero-order valence-corrected chi connectivity index (χ0v) is 10.00. The van der Waals surface area contributed by atoms with Gasteiger partial charge in [-0.05, 0) is 19.1 Å². The van der Waals surface area contributed by atoms with Crippen LogP contribution in [-0.4, -0.2) is 12.9 Å². The van der Waals surface area contributed by atoms with E-state index < -0.39 is 5.63 Å². The molecule has 0 bridgehead atoms. The Hall–Kier alpha value is -1.81. The van der Waals surface area contributed by atoms with E-state index in [0.29, 0.717) is 21.7 Å². The van der Waals surface area contributed by atoms with Crippen LogP contribution in [-0.2, 0) is 0 Å². The molecule has 0 radical (unpaired) electrons. The van der Waals surface area contributed by atoms with Crippen molar-refractivity contribution >= 4 is 28.4 Å². The Morgan fingerprint density at radius 3 is 2.65 bits per heavy atom. The number of carbonyl (C=O) groups is 1. The molecule has 0 saturated carbocycles. The molecule has 0 fully saturated rings. The van der Waals surface area contributed by atoms with Gasteiger partial charge < -0.3 is 9.15 Å². The Labute approximate surface area is 102 Å². The van der Waals surface area contributed by atoms with Crippen molar-refractivity contribution in [3.05, 3.63) is 39.2 Å². The van der Waals surface area contributed by atoms with Gasteiger partial charge in [0, 0.05) is 11.5 Å². The topological polar surface area (TPSA) is 56.5 Å². The lowest BCUT2D eigenvalue weighted by Crippen LogP contribution is -2.10. The molecular formula is C12H9ClO4. The number of ether oxygens (including phenoxy) is 1. The van der Waals surface area contributed by atoms with Crippen molar-refractivity contribution in [1.82, 2.24) is 0 Å². The molecule has 0 N–H and O–H groups in total. The fourth-order valence-corrected chi connectivity index (χ4v) is 1.77. The van der Waals surface area contributed by atoms with E-state index in [1.165, 1.54) is 26.2 Å². The molecule has 0 unspecified atom stereocenters. The first-order chi connectivity index (χ1) is 8.02. The molecule has 4 nitrogen and oxygen atoms in total. The Kier molecular flexibility index (Phi) is 2.90. The van der Waals surface area contributed by atoms with E-state index in [1.807, 2.05) is 0 Å². The highest BCUT2D eigenvalue weighted by Crippen LogP contribution is 2.29. The Balaban J connectivity index is 2.79. The number of hydrogen-bond donors (Lipinski definition) is 0. The number of hydrogen-bond acceptors (Lipinski definition) is 4. The minimum absolute atomic E-state index is 0.0127. The van der Waals surface area contributed by atoms with Crippen LogP contribution in [0.4, 0.5) is 0 Å². The second-order valence-electron chi connectivity index (χ2n) is 3.53. The number of rotatable bonds is 2. The first-order valence-corrected chi connectivity index (χ1v) is 5.23. The molecule has 88 valence electrons. The number of carbonyl (C=O) groups excluding carboxylic acids is 1. The van der Waals surface area contributed by atoms with E-state index in [4.69, 9.17) is 20.8 Å². The summed E-state index contributed by atoms with van der Waals surface area (Å²) >= 11 is 5.95. The van der Waals surface area contributed by atoms with Crippen molar-refractivity contribution < 1.29 is 13.9 Å². The second-order valence-corrected chi connectivity index (χ2v) is 3.94. The molecule has 2 rings (SSSR count). The van der Waals surface area contributed by atoms with Crippen LogP contribution in [0.1, 0.15) is 17.3 Å². The predicted molar refractivity (Wildman–Crippen MR) is 64.1 cm³/mol. The van der Waals surface area contributed by atoms with Gasteiger partial charge >= 0.3 is 5.63 Å². The highest BCUT2D eigenvalue weighted by atomic mass is 35.5. The van der Waals surface area contributed by atoms with E-state index in [2.05, 4.69) is 0 Å². The predicted octanol–water partition coefficient (Wildman–Crippen LogP) is 2.66. The second kappa shape index (κ2) is 4.22. The molecule has 0 aliphatic rings. The lowest BCUT2D eigenvalue weighted by atomic mass is 10.1. The zero-order valence-electron chi connectivity index (χ0n) is 9.24. The maximum Gasteiger partial charge on any atom is 0.347 e. The maximum absolute atomic E-state index is 11.5. The third kappa shape index (κ3) is 2.03. The van der Waals surface area contributed by atoms with Gasteiger partial charge in [0.15, 0.2) is 5.78 Å². The Morgan fingerprint density at radius 1 is 1.35 bits per heavy atom. The molecule has 0 amide bonds. The first-order valence-electron chi connectivity index (χ1n) is 4.85. The largest absolute Gasteiger partial charge is 0.495 e. The molecule has 0 spiro atoms. The van der Waals surface area contributed by atoms with Crippen molar-refractivity contribution in [2.45, 2.75) is 6.92 Å². The first kappa shape index (κ1) is 11.7. The molecule has 2 aromatic rings. The van der Waals surface area contributed by atoms with E-state index in [-0.39, 0.29) is 11.3 Å². The lowest BCUT2D eigenvalue weighted by molar-refractivity contribution is 0.101. The number of benzene rings is 1. The monoisotopic (exact) mass is 252 g/mol. The van der Waals surface area contributed by atoms with Crippen LogP contribution in [0.3, 0.4) is 0 Å². The summed E-state index contributed by atoms with van der Waals surface area (Å²) < 4.78 is 10.0. The van der Waals surface area contributed by atoms with Gasteiger partial charge in [0.2, 0.25) is 0 Å². The summed E-state index contributed by atoms with van der Waals surface area (Å²) in [5.74, 6) is 0.0745. The number of methoxy groups -OCH3 is 1. The van der Waals surface area contributed by atoms with E-state index >= 15 is 0 Å². The molecule has 1 aromatic heterocycles. The van der Waals surface area contributed by atoms with Gasteiger partial charge in [-0.15, -0.1) is 0 Å². The molecule has 17 heavy (non-hydrogen) atoms. The highest BCUT2D eigenvalue weighted by Gasteiger charge is 2.11. The highest BCUT2D eigenvalue weighted by molar-refractivity contribution is 6.32. The van der Waals surface area contributed by atoms with Crippen molar-refractivity contribution in [2.24, 2.45) is 0 Å². The van der Waals surface area contributed by atoms with Gasteiger partial charge in [-0.2, -0.15) is 0 Å². The summed E-state index contributed by atoms with van der Waals surface area (Å²) in [6.45, 7) is 1.31.